The van der Waals surface area contributed by atoms with Crippen LogP contribution in [-0.4, -0.2) is 20.9 Å². The molecule has 9 heteroatoms. The van der Waals surface area contributed by atoms with Gasteiger partial charge in [-0.15, -0.1) is 0 Å². The zero-order chi connectivity index (χ0) is 15.0. The summed E-state index contributed by atoms with van der Waals surface area (Å²) in [6, 6.07) is 2.74. The fourth-order valence-corrected chi connectivity index (χ4v) is 2.71. The Hall–Kier alpha value is -2.16. The van der Waals surface area contributed by atoms with Gasteiger partial charge in [-0.25, -0.2) is 9.97 Å². The molecule has 3 rings (SSSR count). The summed E-state index contributed by atoms with van der Waals surface area (Å²) in [6.07, 6.45) is -2.05. The van der Waals surface area contributed by atoms with Crippen molar-refractivity contribution in [3.05, 3.63) is 35.9 Å². The Bertz CT molecular complexity index is 720. The number of carbonyl (C=O) groups is 1. The first-order valence-corrected chi connectivity index (χ1v) is 6.61. The zero-order valence-corrected chi connectivity index (χ0v) is 11.1. The molecule has 0 saturated heterocycles. The van der Waals surface area contributed by atoms with Crippen LogP contribution in [0.15, 0.2) is 34.4 Å². The van der Waals surface area contributed by atoms with Crippen molar-refractivity contribution >= 4 is 23.5 Å². The van der Waals surface area contributed by atoms with E-state index in [2.05, 4.69) is 20.3 Å². The molecule has 21 heavy (non-hydrogen) atoms. The Labute approximate surface area is 121 Å². The van der Waals surface area contributed by atoms with Crippen molar-refractivity contribution in [2.75, 3.05) is 5.32 Å². The van der Waals surface area contributed by atoms with Gasteiger partial charge in [-0.3, -0.25) is 9.78 Å². The molecule has 0 atom stereocenters. The van der Waals surface area contributed by atoms with Gasteiger partial charge in [-0.05, 0) is 12.1 Å². The summed E-state index contributed by atoms with van der Waals surface area (Å²) in [4.78, 5) is 22.6. The normalized spacial score (nSPS) is 14.0. The summed E-state index contributed by atoms with van der Waals surface area (Å²) in [6.45, 7) is 0. The van der Waals surface area contributed by atoms with Crippen LogP contribution < -0.4 is 5.32 Å². The monoisotopic (exact) mass is 312 g/mol. The molecule has 0 bridgehead atoms. The van der Waals surface area contributed by atoms with Gasteiger partial charge in [0.25, 0.3) is 0 Å². The molecular formula is C12H7F3N4OS. The Morgan fingerprint density at radius 3 is 2.86 bits per heavy atom. The predicted octanol–water partition coefficient (Wildman–Crippen LogP) is 2.54. The van der Waals surface area contributed by atoms with Crippen LogP contribution in [0.5, 0.6) is 0 Å². The highest BCUT2D eigenvalue weighted by Gasteiger charge is 2.35. The highest BCUT2D eigenvalue weighted by Crippen LogP contribution is 2.37. The van der Waals surface area contributed by atoms with E-state index in [9.17, 15) is 18.0 Å². The molecule has 2 aromatic rings. The lowest BCUT2D eigenvalue weighted by Gasteiger charge is -2.10. The minimum Gasteiger partial charge on any atom is -0.309 e. The number of alkyl halides is 3. The van der Waals surface area contributed by atoms with Crippen LogP contribution in [0.3, 0.4) is 0 Å². The van der Waals surface area contributed by atoms with Crippen LogP contribution in [0.1, 0.15) is 11.4 Å². The van der Waals surface area contributed by atoms with Gasteiger partial charge in [0.1, 0.15) is 5.03 Å². The van der Waals surface area contributed by atoms with Crippen LogP contribution in [0.4, 0.5) is 19.0 Å². The highest BCUT2D eigenvalue weighted by atomic mass is 32.2. The zero-order valence-electron chi connectivity index (χ0n) is 10.3. The molecule has 3 heterocycles. The minimum atomic E-state index is -4.54. The molecule has 1 amide bonds. The molecule has 0 unspecified atom stereocenters. The number of halogens is 3. The Morgan fingerprint density at radius 2 is 2.10 bits per heavy atom. The Morgan fingerprint density at radius 1 is 1.29 bits per heavy atom. The number of pyridine rings is 1. The number of anilines is 1. The van der Waals surface area contributed by atoms with E-state index in [1.165, 1.54) is 18.3 Å². The summed E-state index contributed by atoms with van der Waals surface area (Å²) in [7, 11) is 0. The number of carbonyl (C=O) groups excluding carboxylic acids is 1. The van der Waals surface area contributed by atoms with Gasteiger partial charge in [-0.1, -0.05) is 11.8 Å². The van der Waals surface area contributed by atoms with Crippen LogP contribution in [-0.2, 0) is 17.4 Å². The topological polar surface area (TPSA) is 67.8 Å². The van der Waals surface area contributed by atoms with Gasteiger partial charge in [0.05, 0.1) is 18.3 Å². The number of rotatable bonds is 2. The first-order chi connectivity index (χ1) is 9.93. The van der Waals surface area contributed by atoms with Crippen LogP contribution in [0, 0.1) is 0 Å². The Kier molecular flexibility index (Phi) is 3.28. The second-order valence-electron chi connectivity index (χ2n) is 4.18. The van der Waals surface area contributed by atoms with Crippen molar-refractivity contribution in [3.8, 4) is 0 Å². The first kappa shape index (κ1) is 13.8. The fourth-order valence-electron chi connectivity index (χ4n) is 1.81. The predicted molar refractivity (Wildman–Crippen MR) is 67.7 cm³/mol. The number of nitrogens with one attached hydrogen (secondary N) is 1. The van der Waals surface area contributed by atoms with Gasteiger partial charge in [0.2, 0.25) is 5.91 Å². The number of nitrogens with zero attached hydrogens (tertiary/aromatic N) is 3. The van der Waals surface area contributed by atoms with Gasteiger partial charge in [-0.2, -0.15) is 13.2 Å². The molecule has 0 spiro atoms. The van der Waals surface area contributed by atoms with E-state index in [0.29, 0.717) is 11.5 Å². The standard InChI is InChI=1S/C12H7F3N4OS/c13-12(14,15)10-7(2-1-3-16-10)21-9-5-17-11-6(18-9)4-8(20)19-11/h1-3,5H,4H2,(H,17,19,20). The van der Waals surface area contributed by atoms with E-state index in [1.807, 2.05) is 0 Å². The highest BCUT2D eigenvalue weighted by molar-refractivity contribution is 7.99. The van der Waals surface area contributed by atoms with E-state index in [4.69, 9.17) is 0 Å². The molecule has 1 aliphatic heterocycles. The van der Waals surface area contributed by atoms with E-state index >= 15 is 0 Å². The maximum atomic E-state index is 12.9. The van der Waals surface area contributed by atoms with Crippen molar-refractivity contribution in [2.24, 2.45) is 0 Å². The largest absolute Gasteiger partial charge is 0.434 e. The average Bonchev–Trinajstić information content (AvgIpc) is 2.77. The van der Waals surface area contributed by atoms with Crippen LogP contribution in [0.2, 0.25) is 0 Å². The average molecular weight is 312 g/mol. The third-order valence-electron chi connectivity index (χ3n) is 2.66. The SMILES string of the molecule is O=C1Cc2nc(Sc3cccnc3C(F)(F)F)cnc2N1. The maximum Gasteiger partial charge on any atom is 0.434 e. The van der Waals surface area contributed by atoms with E-state index < -0.39 is 11.9 Å². The molecule has 5 nitrogen and oxygen atoms in total. The summed E-state index contributed by atoms with van der Waals surface area (Å²) in [5, 5.41) is 2.79. The summed E-state index contributed by atoms with van der Waals surface area (Å²) in [5.41, 5.74) is -0.533. The van der Waals surface area contributed by atoms with Gasteiger partial charge in [0.15, 0.2) is 11.5 Å². The smallest absolute Gasteiger partial charge is 0.309 e. The van der Waals surface area contributed by atoms with E-state index in [1.54, 1.807) is 0 Å². The minimum absolute atomic E-state index is 0.0588. The number of amides is 1. The second kappa shape index (κ2) is 4.99. The lowest BCUT2D eigenvalue weighted by atomic mass is 10.3. The van der Waals surface area contributed by atoms with Gasteiger partial charge < -0.3 is 5.32 Å². The molecule has 0 aliphatic carbocycles. The lowest BCUT2D eigenvalue weighted by molar-refractivity contribution is -0.143. The molecule has 0 saturated carbocycles. The first-order valence-electron chi connectivity index (χ1n) is 5.79. The lowest BCUT2D eigenvalue weighted by Crippen LogP contribution is -2.09. The third kappa shape index (κ3) is 2.82. The van der Waals surface area contributed by atoms with Crippen molar-refractivity contribution in [3.63, 3.8) is 0 Å². The maximum absolute atomic E-state index is 12.9. The van der Waals surface area contributed by atoms with Crippen LogP contribution in [0.25, 0.3) is 0 Å². The molecule has 108 valence electrons. The Balaban J connectivity index is 1.92. The molecule has 2 aromatic heterocycles. The van der Waals surface area contributed by atoms with Crippen molar-refractivity contribution in [2.45, 2.75) is 22.5 Å². The van der Waals surface area contributed by atoms with Gasteiger partial charge >= 0.3 is 6.18 Å². The number of aromatic nitrogens is 3. The molecule has 1 aliphatic rings. The quantitative estimate of drug-likeness (QED) is 0.923. The number of hydrogen-bond donors (Lipinski definition) is 1. The number of hydrogen-bond acceptors (Lipinski definition) is 5. The number of fused-ring (bicyclic) bond motifs is 1. The molecule has 1 N–H and O–H groups in total. The van der Waals surface area contributed by atoms with Crippen LogP contribution >= 0.6 is 11.8 Å². The van der Waals surface area contributed by atoms with Gasteiger partial charge in [0, 0.05) is 11.1 Å². The van der Waals surface area contributed by atoms with Crippen molar-refractivity contribution in [1.29, 1.82) is 0 Å². The molecule has 0 fully saturated rings. The van der Waals surface area contributed by atoms with Crippen molar-refractivity contribution < 1.29 is 18.0 Å². The summed E-state index contributed by atoms with van der Waals surface area (Å²) >= 11 is 0.813. The van der Waals surface area contributed by atoms with E-state index in [0.717, 1.165) is 18.0 Å². The van der Waals surface area contributed by atoms with E-state index in [-0.39, 0.29) is 22.2 Å². The molecular weight excluding hydrogens is 305 g/mol. The molecule has 0 aromatic carbocycles. The molecule has 0 radical (unpaired) electrons. The third-order valence-corrected chi connectivity index (χ3v) is 3.62. The van der Waals surface area contributed by atoms with Crippen molar-refractivity contribution in [1.82, 2.24) is 15.0 Å². The fraction of sp³-hybridized carbons (Fsp3) is 0.167. The second-order valence-corrected chi connectivity index (χ2v) is 5.24. The summed E-state index contributed by atoms with van der Waals surface area (Å²) in [5.74, 6) is 0.121. The summed E-state index contributed by atoms with van der Waals surface area (Å²) < 4.78 is 38.6.